The maximum Gasteiger partial charge on any atom is 0.262 e. The van der Waals surface area contributed by atoms with E-state index in [9.17, 15) is 9.59 Å². The van der Waals surface area contributed by atoms with Gasteiger partial charge >= 0.3 is 0 Å². The Morgan fingerprint density at radius 3 is 2.71 bits per heavy atom. The Labute approximate surface area is 177 Å². The predicted octanol–water partition coefficient (Wildman–Crippen LogP) is 4.17. The lowest BCUT2D eigenvalue weighted by Crippen LogP contribution is -2.29. The predicted molar refractivity (Wildman–Crippen MR) is 116 cm³/mol. The molecule has 28 heavy (non-hydrogen) atoms. The molecule has 1 N–H and O–H groups in total. The molecule has 3 aromatic rings. The van der Waals surface area contributed by atoms with Crippen molar-refractivity contribution in [2.45, 2.75) is 30.3 Å². The first kappa shape index (κ1) is 20.7. The van der Waals surface area contributed by atoms with Crippen LogP contribution < -0.4 is 10.9 Å². The summed E-state index contributed by atoms with van der Waals surface area (Å²) in [4.78, 5) is 29.7. The molecule has 0 aliphatic heterocycles. The summed E-state index contributed by atoms with van der Waals surface area (Å²) in [5.74, 6) is -0.125. The molecule has 3 rings (SSSR count). The fourth-order valence-electron chi connectivity index (χ4n) is 2.81. The molecule has 8 heteroatoms. The zero-order valence-corrected chi connectivity index (χ0v) is 17.7. The minimum Gasteiger partial charge on any atom is -0.358 e. The highest BCUT2D eigenvalue weighted by Crippen LogP contribution is 2.25. The van der Waals surface area contributed by atoms with Gasteiger partial charge in [0.05, 0.1) is 16.2 Å². The van der Waals surface area contributed by atoms with Crippen molar-refractivity contribution in [3.63, 3.8) is 0 Å². The number of aryl methyl sites for hydroxylation is 1. The Bertz CT molecular complexity index is 1080. The first-order chi connectivity index (χ1) is 13.4. The number of fused-ring (bicyclic) bond motifs is 1. The van der Waals surface area contributed by atoms with E-state index in [0.717, 1.165) is 5.56 Å². The van der Waals surface area contributed by atoms with Gasteiger partial charge in [0.2, 0.25) is 5.91 Å². The molecule has 0 radical (unpaired) electrons. The van der Waals surface area contributed by atoms with E-state index in [-0.39, 0.29) is 16.7 Å². The molecule has 2 aromatic carbocycles. The fourth-order valence-corrected chi connectivity index (χ4v) is 4.30. The van der Waals surface area contributed by atoms with Gasteiger partial charge in [-0.1, -0.05) is 53.2 Å². The highest BCUT2D eigenvalue weighted by molar-refractivity contribution is 8.00. The SMILES string of the molecule is CNC(=O)C(C)Sc1nc2ccccc2c(=O)n1CCc1ccc(Cl)cc1Cl. The summed E-state index contributed by atoms with van der Waals surface area (Å²) in [5.41, 5.74) is 1.36. The molecule has 0 spiro atoms. The van der Waals surface area contributed by atoms with Crippen molar-refractivity contribution < 1.29 is 4.79 Å². The molecule has 1 unspecified atom stereocenters. The molecule has 146 valence electrons. The van der Waals surface area contributed by atoms with Crippen molar-refractivity contribution in [2.24, 2.45) is 0 Å². The van der Waals surface area contributed by atoms with Crippen LogP contribution in [0.5, 0.6) is 0 Å². The van der Waals surface area contributed by atoms with E-state index in [1.165, 1.54) is 11.8 Å². The molecule has 1 amide bonds. The average molecular weight is 436 g/mol. The maximum atomic E-state index is 13.1. The van der Waals surface area contributed by atoms with Crippen molar-refractivity contribution in [3.8, 4) is 0 Å². The number of nitrogens with zero attached hydrogens (tertiary/aromatic N) is 2. The maximum absolute atomic E-state index is 13.1. The van der Waals surface area contributed by atoms with E-state index < -0.39 is 0 Å². The fraction of sp³-hybridized carbons (Fsp3) is 0.250. The standard InChI is InChI=1S/C20H19Cl2N3O2S/c1-12(18(26)23-2)28-20-24-17-6-4-3-5-15(17)19(27)25(20)10-9-13-7-8-14(21)11-16(13)22/h3-8,11-12H,9-10H2,1-2H3,(H,23,26). The van der Waals surface area contributed by atoms with Crippen LogP contribution in [0.2, 0.25) is 10.0 Å². The summed E-state index contributed by atoms with van der Waals surface area (Å²) in [6.45, 7) is 2.17. The number of hydrogen-bond donors (Lipinski definition) is 1. The molecule has 0 saturated heterocycles. The highest BCUT2D eigenvalue weighted by atomic mass is 35.5. The van der Waals surface area contributed by atoms with Gasteiger partial charge in [-0.05, 0) is 43.2 Å². The summed E-state index contributed by atoms with van der Waals surface area (Å²) >= 11 is 13.5. The zero-order valence-electron chi connectivity index (χ0n) is 15.4. The van der Waals surface area contributed by atoms with Gasteiger partial charge in [-0.25, -0.2) is 4.98 Å². The second-order valence-electron chi connectivity index (χ2n) is 6.23. The number of halogens is 2. The number of carbonyl (C=O) groups excluding carboxylic acids is 1. The lowest BCUT2D eigenvalue weighted by Gasteiger charge is -2.16. The molecule has 5 nitrogen and oxygen atoms in total. The van der Waals surface area contributed by atoms with Crippen LogP contribution >= 0.6 is 35.0 Å². The summed E-state index contributed by atoms with van der Waals surface area (Å²) in [6, 6.07) is 12.5. The minimum atomic E-state index is -0.386. The number of rotatable bonds is 6. The Morgan fingerprint density at radius 1 is 1.25 bits per heavy atom. The van der Waals surface area contributed by atoms with Gasteiger partial charge in [0.15, 0.2) is 5.16 Å². The summed E-state index contributed by atoms with van der Waals surface area (Å²) in [5, 5.41) is 4.41. The third-order valence-corrected chi connectivity index (χ3v) is 6.02. The number of amides is 1. The molecule has 0 saturated carbocycles. The van der Waals surface area contributed by atoms with Crippen LogP contribution in [0.15, 0.2) is 52.4 Å². The summed E-state index contributed by atoms with van der Waals surface area (Å²) in [7, 11) is 1.59. The number of hydrogen-bond acceptors (Lipinski definition) is 4. The van der Waals surface area contributed by atoms with E-state index in [4.69, 9.17) is 23.2 Å². The Hall–Kier alpha value is -2.02. The number of nitrogens with one attached hydrogen (secondary N) is 1. The molecule has 0 aliphatic carbocycles. The van der Waals surface area contributed by atoms with Crippen LogP contribution in [0.1, 0.15) is 12.5 Å². The molecule has 1 aromatic heterocycles. The van der Waals surface area contributed by atoms with E-state index in [1.54, 1.807) is 42.8 Å². The van der Waals surface area contributed by atoms with E-state index in [0.29, 0.717) is 39.1 Å². The number of para-hydroxylation sites is 1. The van der Waals surface area contributed by atoms with E-state index in [2.05, 4.69) is 10.3 Å². The lowest BCUT2D eigenvalue weighted by molar-refractivity contribution is -0.119. The molecule has 1 atom stereocenters. The normalized spacial score (nSPS) is 12.1. The van der Waals surface area contributed by atoms with Gasteiger partial charge in [0, 0.05) is 23.6 Å². The third-order valence-electron chi connectivity index (χ3n) is 4.34. The second-order valence-corrected chi connectivity index (χ2v) is 8.38. The van der Waals surface area contributed by atoms with Crippen molar-refractivity contribution in [3.05, 3.63) is 68.4 Å². The van der Waals surface area contributed by atoms with Crippen molar-refractivity contribution in [1.29, 1.82) is 0 Å². The van der Waals surface area contributed by atoms with Crippen LogP contribution in [-0.4, -0.2) is 27.8 Å². The first-order valence-electron chi connectivity index (χ1n) is 8.72. The highest BCUT2D eigenvalue weighted by Gasteiger charge is 2.18. The van der Waals surface area contributed by atoms with Crippen molar-refractivity contribution in [2.75, 3.05) is 7.05 Å². The van der Waals surface area contributed by atoms with Crippen LogP contribution in [0.25, 0.3) is 10.9 Å². The number of aromatic nitrogens is 2. The monoisotopic (exact) mass is 435 g/mol. The lowest BCUT2D eigenvalue weighted by atomic mass is 10.1. The van der Waals surface area contributed by atoms with Crippen LogP contribution in [-0.2, 0) is 17.8 Å². The number of carbonyl (C=O) groups is 1. The second kappa shape index (κ2) is 8.99. The Kier molecular flexibility index (Phi) is 6.65. The minimum absolute atomic E-state index is 0.125. The molecule has 0 fully saturated rings. The molecule has 1 heterocycles. The van der Waals surface area contributed by atoms with Gasteiger partial charge in [-0.15, -0.1) is 0 Å². The number of benzene rings is 2. The van der Waals surface area contributed by atoms with E-state index >= 15 is 0 Å². The summed E-state index contributed by atoms with van der Waals surface area (Å²) in [6.07, 6.45) is 0.540. The smallest absolute Gasteiger partial charge is 0.262 e. The Morgan fingerprint density at radius 2 is 2.00 bits per heavy atom. The van der Waals surface area contributed by atoms with Crippen molar-refractivity contribution >= 4 is 51.8 Å². The van der Waals surface area contributed by atoms with Gasteiger partial charge in [0.1, 0.15) is 0 Å². The Balaban J connectivity index is 2.00. The third kappa shape index (κ3) is 4.51. The molecule has 0 bridgehead atoms. The molecular weight excluding hydrogens is 417 g/mol. The zero-order chi connectivity index (χ0) is 20.3. The summed E-state index contributed by atoms with van der Waals surface area (Å²) < 4.78 is 1.61. The average Bonchev–Trinajstić information content (AvgIpc) is 2.68. The first-order valence-corrected chi connectivity index (χ1v) is 10.4. The van der Waals surface area contributed by atoms with Gasteiger partial charge in [-0.3, -0.25) is 14.2 Å². The van der Waals surface area contributed by atoms with Crippen LogP contribution in [0.3, 0.4) is 0 Å². The van der Waals surface area contributed by atoms with Crippen LogP contribution in [0.4, 0.5) is 0 Å². The van der Waals surface area contributed by atoms with Gasteiger partial charge in [0.25, 0.3) is 5.56 Å². The number of thioether (sulfide) groups is 1. The van der Waals surface area contributed by atoms with Gasteiger partial charge < -0.3 is 5.32 Å². The van der Waals surface area contributed by atoms with E-state index in [1.807, 2.05) is 18.2 Å². The quantitative estimate of drug-likeness (QED) is 0.465. The molecule has 0 aliphatic rings. The van der Waals surface area contributed by atoms with Crippen molar-refractivity contribution in [1.82, 2.24) is 14.9 Å². The van der Waals surface area contributed by atoms with Crippen LogP contribution in [0, 0.1) is 0 Å². The topological polar surface area (TPSA) is 64.0 Å². The van der Waals surface area contributed by atoms with Gasteiger partial charge in [-0.2, -0.15) is 0 Å². The molecular formula is C20H19Cl2N3O2S. The largest absolute Gasteiger partial charge is 0.358 e.